The lowest BCUT2D eigenvalue weighted by Gasteiger charge is -2.33. The summed E-state index contributed by atoms with van der Waals surface area (Å²) in [6.07, 6.45) is 12.3. The molecule has 5 aromatic rings. The first-order chi connectivity index (χ1) is 26.2. The van der Waals surface area contributed by atoms with Gasteiger partial charge in [0.1, 0.15) is 17.2 Å². The van der Waals surface area contributed by atoms with E-state index in [1.807, 2.05) is 34.6 Å². The molecule has 10 nitrogen and oxygen atoms in total. The maximum atomic E-state index is 15.8. The number of halogens is 1. The molecule has 1 saturated carbocycles. The van der Waals surface area contributed by atoms with Crippen LogP contribution in [0.5, 0.6) is 0 Å². The van der Waals surface area contributed by atoms with Gasteiger partial charge >= 0.3 is 0 Å². The smallest absolute Gasteiger partial charge is 0.261 e. The number of nitrogen functional groups attached to an aromatic ring is 1. The van der Waals surface area contributed by atoms with E-state index in [0.29, 0.717) is 41.6 Å². The van der Waals surface area contributed by atoms with Gasteiger partial charge < -0.3 is 25.3 Å². The molecule has 2 amide bonds. The van der Waals surface area contributed by atoms with Crippen LogP contribution in [0, 0.1) is 24.6 Å². The number of rotatable bonds is 11. The van der Waals surface area contributed by atoms with Gasteiger partial charge in [-0.3, -0.25) is 19.4 Å². The summed E-state index contributed by atoms with van der Waals surface area (Å²) in [7, 11) is 0. The molecule has 3 aromatic heterocycles. The Morgan fingerprint density at radius 2 is 1.70 bits per heavy atom. The average Bonchev–Trinajstić information content (AvgIpc) is 3.47. The Bertz CT molecular complexity index is 2260. The molecule has 3 aliphatic rings. The van der Waals surface area contributed by atoms with Crippen LogP contribution >= 0.6 is 0 Å². The average molecular weight is 727 g/mol. The Labute approximate surface area is 313 Å². The van der Waals surface area contributed by atoms with Gasteiger partial charge in [0.05, 0.1) is 24.5 Å². The number of aromatic nitrogens is 3. The summed E-state index contributed by atoms with van der Waals surface area (Å²) in [6, 6.07) is 18.1. The number of ether oxygens (including phenoxy) is 1. The molecule has 276 valence electrons. The highest BCUT2D eigenvalue weighted by atomic mass is 19.1. The van der Waals surface area contributed by atoms with Crippen LogP contribution in [0.2, 0.25) is 0 Å². The third kappa shape index (κ3) is 7.41. The fourth-order valence-corrected chi connectivity index (χ4v) is 7.57. The number of nitrogens with zero attached hydrogens (tertiary/aromatic N) is 4. The molecule has 8 rings (SSSR count). The quantitative estimate of drug-likeness (QED) is 0.151. The van der Waals surface area contributed by atoms with E-state index in [9.17, 15) is 14.4 Å². The number of pyridine rings is 3. The minimum atomic E-state index is -0.629. The van der Waals surface area contributed by atoms with Crippen LogP contribution in [0.3, 0.4) is 0 Å². The fraction of sp³-hybridized carbons (Fsp3) is 0.326. The zero-order valence-corrected chi connectivity index (χ0v) is 30.3. The van der Waals surface area contributed by atoms with Crippen LogP contribution < -0.4 is 16.5 Å². The third-order valence-electron chi connectivity index (χ3n) is 11.0. The predicted octanol–water partition coefficient (Wildman–Crippen LogP) is 6.90. The van der Waals surface area contributed by atoms with E-state index in [-0.39, 0.29) is 34.6 Å². The van der Waals surface area contributed by atoms with E-state index in [2.05, 4.69) is 27.4 Å². The van der Waals surface area contributed by atoms with E-state index in [4.69, 9.17) is 10.5 Å². The summed E-state index contributed by atoms with van der Waals surface area (Å²) < 4.78 is 23.0. The Morgan fingerprint density at radius 3 is 2.39 bits per heavy atom. The summed E-state index contributed by atoms with van der Waals surface area (Å²) in [5.41, 5.74) is 11.2. The number of anilines is 2. The van der Waals surface area contributed by atoms with Crippen molar-refractivity contribution < 1.29 is 18.7 Å². The highest BCUT2D eigenvalue weighted by Crippen LogP contribution is 2.34. The summed E-state index contributed by atoms with van der Waals surface area (Å²) >= 11 is 0. The van der Waals surface area contributed by atoms with E-state index in [0.717, 1.165) is 67.7 Å². The largest absolute Gasteiger partial charge is 0.383 e. The molecule has 1 aliphatic carbocycles. The van der Waals surface area contributed by atoms with Crippen LogP contribution in [-0.4, -0.2) is 57.0 Å². The van der Waals surface area contributed by atoms with Crippen molar-refractivity contribution in [2.24, 2.45) is 11.8 Å². The lowest BCUT2D eigenvalue weighted by molar-refractivity contribution is -0.132. The minimum Gasteiger partial charge on any atom is -0.383 e. The Hall–Kier alpha value is -5.68. The van der Waals surface area contributed by atoms with Crippen LogP contribution in [0.25, 0.3) is 33.5 Å². The van der Waals surface area contributed by atoms with Gasteiger partial charge in [0.25, 0.3) is 5.91 Å². The lowest BCUT2D eigenvalue weighted by Crippen LogP contribution is -2.44. The number of amides is 2. The van der Waals surface area contributed by atoms with Crippen LogP contribution in [0.4, 0.5) is 15.9 Å². The number of nitrogens with one attached hydrogen (secondary N) is 1. The van der Waals surface area contributed by atoms with Crippen molar-refractivity contribution >= 4 is 23.3 Å². The van der Waals surface area contributed by atoms with Gasteiger partial charge in [0.15, 0.2) is 0 Å². The normalized spacial score (nSPS) is 17.3. The molecular weight excluding hydrogens is 684 g/mol. The zero-order chi connectivity index (χ0) is 37.3. The van der Waals surface area contributed by atoms with E-state index in [1.165, 1.54) is 12.5 Å². The molecule has 5 heterocycles. The minimum absolute atomic E-state index is 0.0383. The van der Waals surface area contributed by atoms with E-state index in [1.54, 1.807) is 49.1 Å². The van der Waals surface area contributed by atoms with Gasteiger partial charge in [0, 0.05) is 78.6 Å². The van der Waals surface area contributed by atoms with Gasteiger partial charge in [-0.1, -0.05) is 36.8 Å². The number of benzene rings is 2. The van der Waals surface area contributed by atoms with Crippen LogP contribution in [0.15, 0.2) is 90.2 Å². The number of hydrogen-bond donors (Lipinski definition) is 2. The Kier molecular flexibility index (Phi) is 9.81. The highest BCUT2D eigenvalue weighted by Gasteiger charge is 2.34. The molecule has 2 saturated heterocycles. The number of aryl methyl sites for hydroxylation is 1. The number of nitrogens with two attached hydrogens (primary N) is 1. The summed E-state index contributed by atoms with van der Waals surface area (Å²) in [5, 5.41) is 2.73. The molecular formula is C43H43FN6O4. The fourth-order valence-electron chi connectivity index (χ4n) is 7.57. The van der Waals surface area contributed by atoms with Crippen molar-refractivity contribution in [2.75, 3.05) is 30.8 Å². The van der Waals surface area contributed by atoms with Gasteiger partial charge in [-0.2, -0.15) is 0 Å². The molecule has 0 spiro atoms. The first-order valence-corrected chi connectivity index (χ1v) is 18.7. The molecule has 3 N–H and O–H groups in total. The first-order valence-electron chi connectivity index (χ1n) is 18.7. The second-order valence-corrected chi connectivity index (χ2v) is 15.0. The summed E-state index contributed by atoms with van der Waals surface area (Å²) in [6.45, 7) is 4.82. The number of hydrogen-bond acceptors (Lipinski definition) is 7. The summed E-state index contributed by atoms with van der Waals surface area (Å²) in [5.74, 6) is 0.0741. The van der Waals surface area contributed by atoms with Gasteiger partial charge in [-0.15, -0.1) is 0 Å². The van der Waals surface area contributed by atoms with Crippen molar-refractivity contribution in [3.63, 3.8) is 0 Å². The monoisotopic (exact) mass is 726 g/mol. The molecule has 0 radical (unpaired) electrons. The van der Waals surface area contributed by atoms with Crippen molar-refractivity contribution in [1.82, 2.24) is 19.4 Å². The van der Waals surface area contributed by atoms with Gasteiger partial charge in [0.2, 0.25) is 11.3 Å². The molecule has 0 unspecified atom stereocenters. The molecule has 3 fully saturated rings. The van der Waals surface area contributed by atoms with Crippen LogP contribution in [-0.2, 0) is 22.5 Å². The number of likely N-dealkylation sites (tertiary alicyclic amines) is 1. The first kappa shape index (κ1) is 35.4. The molecule has 0 bridgehead atoms. The predicted molar refractivity (Wildman–Crippen MR) is 206 cm³/mol. The van der Waals surface area contributed by atoms with Crippen molar-refractivity contribution in [3.8, 4) is 33.5 Å². The molecule has 11 heteroatoms. The standard InChI is InChI=1S/C43H43FN6O4/c1-26-5-13-39(46-18-26)36-22-49(20-28-3-2-4-28)23-37(41(36)52)43(53)48-32-10-12-34(38(44)17-32)35-16-31(19-47-42(35)45)30-8-6-27(7-9-30)15-33-11-14-40(51)50(33)21-29-24-54-25-29/h5-10,12-13,16-19,22-23,28-29,33H,2-4,11,14-15,20-21,24-25H2,1H3,(H2,45,47)(H,48,53)/t33-/m1/s1. The van der Waals surface area contributed by atoms with Gasteiger partial charge in [-0.25, -0.2) is 9.37 Å². The van der Waals surface area contributed by atoms with Crippen molar-refractivity contribution in [3.05, 3.63) is 118 Å². The third-order valence-corrected chi connectivity index (χ3v) is 11.0. The number of carbonyl (C=O) groups is 2. The Morgan fingerprint density at radius 1 is 0.889 bits per heavy atom. The van der Waals surface area contributed by atoms with Gasteiger partial charge in [-0.05, 0) is 85.5 Å². The maximum Gasteiger partial charge on any atom is 0.261 e. The molecule has 2 aromatic carbocycles. The lowest BCUT2D eigenvalue weighted by atomic mass is 9.85. The van der Waals surface area contributed by atoms with E-state index < -0.39 is 17.2 Å². The molecule has 2 aliphatic heterocycles. The zero-order valence-electron chi connectivity index (χ0n) is 30.3. The number of carbonyl (C=O) groups excluding carboxylic acids is 2. The van der Waals surface area contributed by atoms with Crippen LogP contribution in [0.1, 0.15) is 53.6 Å². The van der Waals surface area contributed by atoms with E-state index >= 15 is 4.39 Å². The topological polar surface area (TPSA) is 132 Å². The second-order valence-electron chi connectivity index (χ2n) is 15.0. The second kappa shape index (κ2) is 15.0. The summed E-state index contributed by atoms with van der Waals surface area (Å²) in [4.78, 5) is 50.6. The highest BCUT2D eigenvalue weighted by molar-refractivity contribution is 6.04. The maximum absolute atomic E-state index is 15.8. The Balaban J connectivity index is 0.991. The molecule has 54 heavy (non-hydrogen) atoms. The van der Waals surface area contributed by atoms with Crippen molar-refractivity contribution in [1.29, 1.82) is 0 Å². The molecule has 1 atom stereocenters. The SMILES string of the molecule is Cc1ccc(-c2cn(CC3CCC3)cc(C(=O)Nc3ccc(-c4cc(-c5ccc(C[C@H]6CCC(=O)N6CC6COC6)cc5)cnc4N)c(F)c3)c2=O)nc1. The van der Waals surface area contributed by atoms with Crippen molar-refractivity contribution in [2.45, 2.75) is 58.0 Å².